The predicted molar refractivity (Wildman–Crippen MR) is 89.6 cm³/mol. The molecule has 0 radical (unpaired) electrons. The standard InChI is InChI=1S/C20H38/c1-8-12(3)18-11-14(5)20(18)16(7)15(6)19-10-13(4)17(19)9-2/h12-20H,8-11H2,1-7H3. The highest BCUT2D eigenvalue weighted by molar-refractivity contribution is 4.97. The van der Waals surface area contributed by atoms with Crippen LogP contribution in [-0.2, 0) is 0 Å². The van der Waals surface area contributed by atoms with E-state index in [1.54, 1.807) is 0 Å². The highest BCUT2D eigenvalue weighted by Gasteiger charge is 2.48. The third-order valence-corrected chi connectivity index (χ3v) is 7.68. The molecule has 9 atom stereocenters. The summed E-state index contributed by atoms with van der Waals surface area (Å²) in [5, 5.41) is 0. The van der Waals surface area contributed by atoms with Crippen molar-refractivity contribution in [1.29, 1.82) is 0 Å². The zero-order valence-corrected chi connectivity index (χ0v) is 15.0. The average Bonchev–Trinajstić information content (AvgIpc) is 2.40. The largest absolute Gasteiger partial charge is 0.0651 e. The van der Waals surface area contributed by atoms with Gasteiger partial charge in [-0.1, -0.05) is 61.3 Å². The lowest BCUT2D eigenvalue weighted by atomic mass is 9.50. The van der Waals surface area contributed by atoms with E-state index in [0.717, 1.165) is 53.3 Å². The molecule has 0 heterocycles. The van der Waals surface area contributed by atoms with E-state index in [0.29, 0.717) is 0 Å². The van der Waals surface area contributed by atoms with Gasteiger partial charge in [0.25, 0.3) is 0 Å². The first-order valence-electron chi connectivity index (χ1n) is 9.42. The van der Waals surface area contributed by atoms with E-state index >= 15 is 0 Å². The lowest BCUT2D eigenvalue weighted by Gasteiger charge is -2.55. The fourth-order valence-corrected chi connectivity index (χ4v) is 5.85. The Bertz CT molecular complexity index is 307. The summed E-state index contributed by atoms with van der Waals surface area (Å²) in [4.78, 5) is 0. The maximum absolute atomic E-state index is 2.58. The molecule has 2 aliphatic rings. The van der Waals surface area contributed by atoms with Crippen LogP contribution < -0.4 is 0 Å². The minimum Gasteiger partial charge on any atom is -0.0651 e. The van der Waals surface area contributed by atoms with Crippen molar-refractivity contribution in [3.05, 3.63) is 0 Å². The van der Waals surface area contributed by atoms with E-state index in [4.69, 9.17) is 0 Å². The zero-order chi connectivity index (χ0) is 15.0. The van der Waals surface area contributed by atoms with Crippen molar-refractivity contribution in [3.63, 3.8) is 0 Å². The first-order chi connectivity index (χ1) is 9.42. The van der Waals surface area contributed by atoms with Crippen molar-refractivity contribution < 1.29 is 0 Å². The van der Waals surface area contributed by atoms with Crippen LogP contribution in [0.3, 0.4) is 0 Å². The minimum absolute atomic E-state index is 0.935. The average molecular weight is 279 g/mol. The van der Waals surface area contributed by atoms with E-state index in [1.165, 1.54) is 25.7 Å². The van der Waals surface area contributed by atoms with Gasteiger partial charge in [-0.3, -0.25) is 0 Å². The molecule has 0 aromatic carbocycles. The molecule has 0 aromatic heterocycles. The van der Waals surface area contributed by atoms with Gasteiger partial charge < -0.3 is 0 Å². The molecule has 0 N–H and O–H groups in total. The molecule has 0 saturated heterocycles. The van der Waals surface area contributed by atoms with Gasteiger partial charge in [0.15, 0.2) is 0 Å². The Hall–Kier alpha value is 0. The summed E-state index contributed by atoms with van der Waals surface area (Å²) in [5.74, 6) is 8.85. The van der Waals surface area contributed by atoms with Crippen LogP contribution in [0.25, 0.3) is 0 Å². The van der Waals surface area contributed by atoms with Crippen LogP contribution in [0.1, 0.15) is 74.1 Å². The molecule has 0 bridgehead atoms. The summed E-state index contributed by atoms with van der Waals surface area (Å²) < 4.78 is 0. The molecule has 0 nitrogen and oxygen atoms in total. The molecular weight excluding hydrogens is 240 g/mol. The molecule has 0 spiro atoms. The van der Waals surface area contributed by atoms with Crippen LogP contribution in [0.2, 0.25) is 0 Å². The topological polar surface area (TPSA) is 0 Å². The fraction of sp³-hybridized carbons (Fsp3) is 1.00. The van der Waals surface area contributed by atoms with Crippen LogP contribution in [0.15, 0.2) is 0 Å². The predicted octanol–water partition coefficient (Wildman–Crippen LogP) is 6.26. The summed E-state index contributed by atoms with van der Waals surface area (Å²) >= 11 is 0. The quantitative estimate of drug-likeness (QED) is 0.538. The molecule has 2 fully saturated rings. The molecule has 0 aromatic rings. The number of hydrogen-bond donors (Lipinski definition) is 0. The van der Waals surface area contributed by atoms with E-state index in [9.17, 15) is 0 Å². The Balaban J connectivity index is 1.97. The Labute approximate surface area is 128 Å². The lowest BCUT2D eigenvalue weighted by Crippen LogP contribution is -2.48. The SMILES string of the molecule is CCC(C)C1CC(C)C1C(C)C(C)C1CC(C)C1CC. The van der Waals surface area contributed by atoms with Gasteiger partial charge in [-0.05, 0) is 66.1 Å². The third-order valence-electron chi connectivity index (χ3n) is 7.68. The van der Waals surface area contributed by atoms with Crippen LogP contribution in [-0.4, -0.2) is 0 Å². The van der Waals surface area contributed by atoms with Gasteiger partial charge in [0, 0.05) is 0 Å². The first-order valence-corrected chi connectivity index (χ1v) is 9.42. The highest BCUT2D eigenvalue weighted by Crippen LogP contribution is 2.55. The normalized spacial score (nSPS) is 45.1. The number of rotatable bonds is 6. The monoisotopic (exact) mass is 278 g/mol. The minimum atomic E-state index is 0.935. The van der Waals surface area contributed by atoms with Crippen molar-refractivity contribution in [2.45, 2.75) is 74.1 Å². The third kappa shape index (κ3) is 2.69. The van der Waals surface area contributed by atoms with Crippen molar-refractivity contribution in [1.82, 2.24) is 0 Å². The second-order valence-electron chi connectivity index (χ2n) is 8.51. The Kier molecular flexibility index (Phi) is 5.24. The Morgan fingerprint density at radius 3 is 1.90 bits per heavy atom. The van der Waals surface area contributed by atoms with Crippen molar-refractivity contribution >= 4 is 0 Å². The van der Waals surface area contributed by atoms with E-state index in [2.05, 4.69) is 48.5 Å². The van der Waals surface area contributed by atoms with Crippen molar-refractivity contribution in [2.24, 2.45) is 53.3 Å². The molecule has 9 unspecified atom stereocenters. The fourth-order valence-electron chi connectivity index (χ4n) is 5.85. The van der Waals surface area contributed by atoms with Gasteiger partial charge in [0.1, 0.15) is 0 Å². The molecule has 0 heteroatoms. The summed E-state index contributed by atoms with van der Waals surface area (Å²) in [6, 6.07) is 0. The van der Waals surface area contributed by atoms with E-state index in [-0.39, 0.29) is 0 Å². The zero-order valence-electron chi connectivity index (χ0n) is 15.0. The van der Waals surface area contributed by atoms with E-state index in [1.807, 2.05) is 0 Å². The molecule has 20 heavy (non-hydrogen) atoms. The molecule has 2 rings (SSSR count). The summed E-state index contributed by atoms with van der Waals surface area (Å²) in [5.41, 5.74) is 0. The second kappa shape index (κ2) is 6.41. The molecule has 0 aliphatic heterocycles. The lowest BCUT2D eigenvalue weighted by molar-refractivity contribution is -0.0609. The second-order valence-corrected chi connectivity index (χ2v) is 8.51. The van der Waals surface area contributed by atoms with Crippen LogP contribution >= 0.6 is 0 Å². The van der Waals surface area contributed by atoms with Gasteiger partial charge >= 0.3 is 0 Å². The molecule has 118 valence electrons. The van der Waals surface area contributed by atoms with Crippen LogP contribution in [0.4, 0.5) is 0 Å². The first kappa shape index (κ1) is 16.4. The maximum atomic E-state index is 2.58. The number of hydrogen-bond acceptors (Lipinski definition) is 0. The summed E-state index contributed by atoms with van der Waals surface area (Å²) in [7, 11) is 0. The van der Waals surface area contributed by atoms with Crippen molar-refractivity contribution in [2.75, 3.05) is 0 Å². The van der Waals surface area contributed by atoms with Gasteiger partial charge in [-0.2, -0.15) is 0 Å². The van der Waals surface area contributed by atoms with Gasteiger partial charge in [-0.25, -0.2) is 0 Å². The summed E-state index contributed by atoms with van der Waals surface area (Å²) in [6.07, 6.45) is 5.76. The van der Waals surface area contributed by atoms with Crippen molar-refractivity contribution in [3.8, 4) is 0 Å². The van der Waals surface area contributed by atoms with E-state index < -0.39 is 0 Å². The van der Waals surface area contributed by atoms with Crippen LogP contribution in [0.5, 0.6) is 0 Å². The Morgan fingerprint density at radius 1 is 0.850 bits per heavy atom. The van der Waals surface area contributed by atoms with Gasteiger partial charge in [0.2, 0.25) is 0 Å². The van der Waals surface area contributed by atoms with Gasteiger partial charge in [-0.15, -0.1) is 0 Å². The maximum Gasteiger partial charge on any atom is -0.0329 e. The molecule has 2 aliphatic carbocycles. The Morgan fingerprint density at radius 2 is 1.45 bits per heavy atom. The highest BCUT2D eigenvalue weighted by atomic mass is 14.5. The van der Waals surface area contributed by atoms with Crippen LogP contribution in [0, 0.1) is 53.3 Å². The molecule has 0 amide bonds. The molecular formula is C20H38. The smallest absolute Gasteiger partial charge is 0.0329 e. The summed E-state index contributed by atoms with van der Waals surface area (Å²) in [6.45, 7) is 17.4. The molecule has 2 saturated carbocycles. The van der Waals surface area contributed by atoms with Gasteiger partial charge in [0.05, 0.1) is 0 Å².